The van der Waals surface area contributed by atoms with E-state index in [1.807, 2.05) is 20.8 Å². The van der Waals surface area contributed by atoms with Gasteiger partial charge in [-0.15, -0.1) is 0 Å². The summed E-state index contributed by atoms with van der Waals surface area (Å²) < 4.78 is 21.3. The van der Waals surface area contributed by atoms with Crippen molar-refractivity contribution < 1.29 is 57.3 Å². The van der Waals surface area contributed by atoms with Crippen molar-refractivity contribution in [3.63, 3.8) is 0 Å². The number of hydrogen-bond donors (Lipinski definition) is 4. The summed E-state index contributed by atoms with van der Waals surface area (Å²) in [4.78, 5) is 91.9. The number of hydrogen-bond acceptors (Lipinski definition) is 12. The van der Waals surface area contributed by atoms with Gasteiger partial charge < -0.3 is 35.3 Å². The Bertz CT molecular complexity index is 1290. The molecular formula is C44H80N4O12. The highest BCUT2D eigenvalue weighted by Gasteiger charge is 2.30. The molecule has 0 saturated heterocycles. The van der Waals surface area contributed by atoms with Crippen LogP contribution in [0.15, 0.2) is 0 Å². The van der Waals surface area contributed by atoms with Gasteiger partial charge >= 0.3 is 17.9 Å². The molecule has 0 aromatic heterocycles. The fraction of sp³-hybridized carbons (Fsp3) is 0.841. The van der Waals surface area contributed by atoms with Crippen LogP contribution in [0, 0.1) is 0 Å². The van der Waals surface area contributed by atoms with Crippen molar-refractivity contribution in [1.82, 2.24) is 16.1 Å². The molecule has 0 aliphatic carbocycles. The average molecular weight is 857 g/mol. The van der Waals surface area contributed by atoms with Crippen molar-refractivity contribution in [2.75, 3.05) is 19.8 Å². The van der Waals surface area contributed by atoms with E-state index in [9.17, 15) is 33.6 Å². The Balaban J connectivity index is 4.65. The number of esters is 3. The number of nitrogens with one attached hydrogen (secondary N) is 3. The first kappa shape index (κ1) is 56.2. The molecule has 0 aliphatic heterocycles. The summed E-state index contributed by atoms with van der Waals surface area (Å²) in [6.45, 7) is 15.5. The molecule has 0 saturated carbocycles. The minimum atomic E-state index is -1.18. The van der Waals surface area contributed by atoms with Gasteiger partial charge in [0.25, 0.3) is 0 Å². The Morgan fingerprint density at radius 2 is 0.833 bits per heavy atom. The van der Waals surface area contributed by atoms with Crippen molar-refractivity contribution in [3.05, 3.63) is 0 Å². The van der Waals surface area contributed by atoms with Crippen molar-refractivity contribution in [2.24, 2.45) is 5.73 Å². The maximum Gasteiger partial charge on any atom is 0.329 e. The predicted octanol–water partition coefficient (Wildman–Crippen LogP) is 6.33. The van der Waals surface area contributed by atoms with Gasteiger partial charge in [0.05, 0.1) is 13.2 Å². The third kappa shape index (κ3) is 36.1. The van der Waals surface area contributed by atoms with Crippen LogP contribution in [0.2, 0.25) is 0 Å². The van der Waals surface area contributed by atoms with Crippen LogP contribution in [-0.2, 0) is 57.3 Å². The van der Waals surface area contributed by atoms with Crippen LogP contribution in [0.4, 0.5) is 0 Å². The summed E-state index contributed by atoms with van der Waals surface area (Å²) >= 11 is 0. The standard InChI is InChI=1S/C44H80N4O12/c1-42(2,3)58-39(53)25-23-21-19-17-15-13-11-10-12-14-16-18-20-22-24-36(50)46-33(40(54)59-43(4,5)6)26-28-37(51)47-34(41(55)60-44(7,8)9)27-29-38(52)48-57-31-30-56-32-35(45)49/h33-34H,10-32H2,1-9H3,(H2,45,49)(H,46,50)(H,47,51)(H,48,52)/t33-,34-/m0/s1. The van der Waals surface area contributed by atoms with Gasteiger partial charge in [-0.1, -0.05) is 77.0 Å². The smallest absolute Gasteiger partial charge is 0.329 e. The molecule has 0 aromatic rings. The Labute approximate surface area is 359 Å². The Kier molecular flexibility index (Phi) is 29.2. The molecule has 60 heavy (non-hydrogen) atoms. The highest BCUT2D eigenvalue weighted by atomic mass is 16.7. The van der Waals surface area contributed by atoms with Crippen LogP contribution in [0.5, 0.6) is 0 Å². The van der Waals surface area contributed by atoms with Crippen molar-refractivity contribution in [2.45, 2.75) is 220 Å². The van der Waals surface area contributed by atoms with Crippen LogP contribution in [0.1, 0.15) is 191 Å². The second-order valence-electron chi connectivity index (χ2n) is 18.3. The molecule has 0 rings (SSSR count). The fourth-order valence-corrected chi connectivity index (χ4v) is 5.85. The molecule has 4 amide bonds. The van der Waals surface area contributed by atoms with E-state index >= 15 is 0 Å². The lowest BCUT2D eigenvalue weighted by atomic mass is 10.0. The van der Waals surface area contributed by atoms with E-state index in [1.54, 1.807) is 41.5 Å². The first-order valence-corrected chi connectivity index (χ1v) is 22.0. The van der Waals surface area contributed by atoms with Gasteiger partial charge in [-0.3, -0.25) is 28.8 Å². The molecule has 0 heterocycles. The second kappa shape index (κ2) is 31.1. The van der Waals surface area contributed by atoms with Crippen molar-refractivity contribution in [3.8, 4) is 0 Å². The Morgan fingerprint density at radius 3 is 1.23 bits per heavy atom. The molecule has 5 N–H and O–H groups in total. The van der Waals surface area contributed by atoms with Gasteiger partial charge in [0.1, 0.15) is 35.5 Å². The van der Waals surface area contributed by atoms with Gasteiger partial charge in [0.15, 0.2) is 0 Å². The van der Waals surface area contributed by atoms with E-state index in [0.717, 1.165) is 44.9 Å². The number of unbranched alkanes of at least 4 members (excludes halogenated alkanes) is 13. The van der Waals surface area contributed by atoms with E-state index in [1.165, 1.54) is 38.5 Å². The van der Waals surface area contributed by atoms with E-state index in [-0.39, 0.29) is 63.8 Å². The largest absolute Gasteiger partial charge is 0.460 e. The van der Waals surface area contributed by atoms with Crippen LogP contribution in [0.25, 0.3) is 0 Å². The predicted molar refractivity (Wildman–Crippen MR) is 228 cm³/mol. The van der Waals surface area contributed by atoms with E-state index in [4.69, 9.17) is 29.5 Å². The molecule has 2 atom stereocenters. The van der Waals surface area contributed by atoms with E-state index in [0.29, 0.717) is 12.8 Å². The van der Waals surface area contributed by atoms with E-state index < -0.39 is 58.5 Å². The molecule has 0 unspecified atom stereocenters. The number of carbonyl (C=O) groups excluding carboxylic acids is 7. The molecule has 0 fully saturated rings. The third-order valence-electron chi connectivity index (χ3n) is 8.59. The molecular weight excluding hydrogens is 776 g/mol. The first-order chi connectivity index (χ1) is 28.0. The monoisotopic (exact) mass is 857 g/mol. The highest BCUT2D eigenvalue weighted by molar-refractivity contribution is 5.87. The zero-order valence-electron chi connectivity index (χ0n) is 38.4. The molecule has 0 radical (unpaired) electrons. The third-order valence-corrected chi connectivity index (χ3v) is 8.59. The number of carbonyl (C=O) groups is 7. The summed E-state index contributed by atoms with van der Waals surface area (Å²) in [5, 5.41) is 5.34. The summed E-state index contributed by atoms with van der Waals surface area (Å²) in [6, 6.07) is -2.26. The minimum absolute atomic E-state index is 0.0103. The normalized spacial score (nSPS) is 12.8. The van der Waals surface area contributed by atoms with Gasteiger partial charge in [0, 0.05) is 25.7 Å². The van der Waals surface area contributed by atoms with Crippen molar-refractivity contribution in [1.29, 1.82) is 0 Å². The minimum Gasteiger partial charge on any atom is -0.460 e. The summed E-state index contributed by atoms with van der Waals surface area (Å²) in [5.74, 6) is -3.62. The molecule has 16 heteroatoms. The molecule has 16 nitrogen and oxygen atoms in total. The zero-order valence-corrected chi connectivity index (χ0v) is 38.4. The lowest BCUT2D eigenvalue weighted by Crippen LogP contribution is -2.47. The average Bonchev–Trinajstić information content (AvgIpc) is 3.10. The van der Waals surface area contributed by atoms with Crippen LogP contribution < -0.4 is 21.8 Å². The van der Waals surface area contributed by atoms with Crippen molar-refractivity contribution >= 4 is 41.5 Å². The summed E-state index contributed by atoms with van der Waals surface area (Å²) in [5.41, 5.74) is 5.09. The zero-order chi connectivity index (χ0) is 45.6. The molecule has 0 spiro atoms. The number of rotatable bonds is 33. The first-order valence-electron chi connectivity index (χ1n) is 22.0. The molecule has 348 valence electrons. The fourth-order valence-electron chi connectivity index (χ4n) is 5.85. The van der Waals surface area contributed by atoms with Gasteiger partial charge in [-0.05, 0) is 88.0 Å². The van der Waals surface area contributed by atoms with Gasteiger partial charge in [-0.2, -0.15) is 0 Å². The number of primary amides is 1. The maximum absolute atomic E-state index is 13.1. The molecule has 0 aliphatic rings. The Hall–Kier alpha value is -3.79. The summed E-state index contributed by atoms with van der Waals surface area (Å²) in [6.07, 6.45) is 15.4. The number of ether oxygens (including phenoxy) is 4. The van der Waals surface area contributed by atoms with Crippen LogP contribution in [-0.4, -0.2) is 90.2 Å². The second-order valence-corrected chi connectivity index (χ2v) is 18.3. The Morgan fingerprint density at radius 1 is 0.467 bits per heavy atom. The SMILES string of the molecule is CC(C)(C)OC(=O)CCCCCCCCCCCCCCCCC(=O)N[C@@H](CCC(=O)N[C@@H](CCC(=O)NOCCOCC(N)=O)C(=O)OC(C)(C)C)C(=O)OC(C)(C)C. The quantitative estimate of drug-likeness (QED) is 0.0246. The number of amides is 4. The lowest BCUT2D eigenvalue weighted by Gasteiger charge is -2.26. The lowest BCUT2D eigenvalue weighted by molar-refractivity contribution is -0.160. The van der Waals surface area contributed by atoms with Gasteiger partial charge in [0.2, 0.25) is 23.6 Å². The number of hydroxylamine groups is 1. The van der Waals surface area contributed by atoms with Crippen LogP contribution in [0.3, 0.4) is 0 Å². The molecule has 0 aromatic carbocycles. The number of nitrogens with two attached hydrogens (primary N) is 1. The topological polar surface area (TPSA) is 228 Å². The summed E-state index contributed by atoms with van der Waals surface area (Å²) in [7, 11) is 0. The highest BCUT2D eigenvalue weighted by Crippen LogP contribution is 2.17. The van der Waals surface area contributed by atoms with Gasteiger partial charge in [-0.25, -0.2) is 15.1 Å². The van der Waals surface area contributed by atoms with Crippen LogP contribution >= 0.6 is 0 Å². The molecule has 0 bridgehead atoms. The van der Waals surface area contributed by atoms with E-state index in [2.05, 4.69) is 16.1 Å². The maximum atomic E-state index is 13.1.